The van der Waals surface area contributed by atoms with Crippen LogP contribution in [0.5, 0.6) is 5.75 Å². The van der Waals surface area contributed by atoms with Crippen molar-refractivity contribution in [1.29, 1.82) is 0 Å². The zero-order valence-corrected chi connectivity index (χ0v) is 16.7. The van der Waals surface area contributed by atoms with Crippen LogP contribution in [0.2, 0.25) is 0 Å². The number of ether oxygens (including phenoxy) is 1. The van der Waals surface area contributed by atoms with Crippen molar-refractivity contribution in [3.05, 3.63) is 45.6 Å². The van der Waals surface area contributed by atoms with Crippen molar-refractivity contribution in [1.82, 2.24) is 4.98 Å². The molecule has 0 saturated carbocycles. The van der Waals surface area contributed by atoms with Gasteiger partial charge in [0, 0.05) is 10.3 Å². The summed E-state index contributed by atoms with van der Waals surface area (Å²) in [4.78, 5) is 18.6. The first-order chi connectivity index (χ1) is 11.6. The molecular formula is C16H13BrN2O2S3. The second-order valence-corrected chi connectivity index (χ2v) is 9.02. The van der Waals surface area contributed by atoms with Crippen LogP contribution in [-0.2, 0) is 4.79 Å². The van der Waals surface area contributed by atoms with Gasteiger partial charge in [-0.1, -0.05) is 0 Å². The van der Waals surface area contributed by atoms with E-state index in [4.69, 9.17) is 4.74 Å². The topological polar surface area (TPSA) is 51.2 Å². The summed E-state index contributed by atoms with van der Waals surface area (Å²) in [6, 6.07) is 11.6. The van der Waals surface area contributed by atoms with E-state index in [0.717, 1.165) is 25.0 Å². The molecule has 0 aliphatic rings. The number of benzene rings is 1. The van der Waals surface area contributed by atoms with Crippen LogP contribution in [-0.4, -0.2) is 23.8 Å². The molecule has 0 aliphatic carbocycles. The lowest BCUT2D eigenvalue weighted by atomic mass is 10.3. The van der Waals surface area contributed by atoms with E-state index in [1.54, 1.807) is 18.4 Å². The highest BCUT2D eigenvalue weighted by atomic mass is 79.9. The number of thiophene rings is 1. The van der Waals surface area contributed by atoms with Gasteiger partial charge < -0.3 is 10.1 Å². The minimum Gasteiger partial charge on any atom is -0.497 e. The summed E-state index contributed by atoms with van der Waals surface area (Å²) in [6.45, 7) is 0. The van der Waals surface area contributed by atoms with Crippen LogP contribution in [0, 0.1) is 0 Å². The van der Waals surface area contributed by atoms with Gasteiger partial charge >= 0.3 is 0 Å². The van der Waals surface area contributed by atoms with E-state index < -0.39 is 0 Å². The van der Waals surface area contributed by atoms with Gasteiger partial charge in [0.15, 0.2) is 5.13 Å². The van der Waals surface area contributed by atoms with Crippen LogP contribution in [0.15, 0.2) is 50.5 Å². The van der Waals surface area contributed by atoms with E-state index >= 15 is 0 Å². The van der Waals surface area contributed by atoms with Gasteiger partial charge in [-0.2, -0.15) is 0 Å². The maximum atomic E-state index is 12.1. The van der Waals surface area contributed by atoms with Gasteiger partial charge in [0.1, 0.15) is 5.75 Å². The molecule has 0 saturated heterocycles. The number of carbonyl (C=O) groups excluding carboxylic acids is 1. The fourth-order valence-electron chi connectivity index (χ4n) is 1.87. The molecule has 1 amide bonds. The lowest BCUT2D eigenvalue weighted by Gasteiger charge is -2.03. The van der Waals surface area contributed by atoms with E-state index in [0.29, 0.717) is 10.9 Å². The molecule has 1 N–H and O–H groups in total. The molecule has 2 aromatic heterocycles. The van der Waals surface area contributed by atoms with E-state index in [-0.39, 0.29) is 5.91 Å². The number of thioether (sulfide) groups is 1. The summed E-state index contributed by atoms with van der Waals surface area (Å²) < 4.78 is 6.18. The predicted octanol–water partition coefficient (Wildman–Crippen LogP) is 5.37. The second kappa shape index (κ2) is 8.15. The van der Waals surface area contributed by atoms with Gasteiger partial charge in [0.2, 0.25) is 5.91 Å². The zero-order valence-electron chi connectivity index (χ0n) is 12.6. The summed E-state index contributed by atoms with van der Waals surface area (Å²) in [5, 5.41) is 5.42. The first-order valence-corrected chi connectivity index (χ1v) is 10.4. The molecule has 0 radical (unpaired) electrons. The third-order valence-corrected chi connectivity index (χ3v) is 6.42. The number of hydrogen-bond acceptors (Lipinski definition) is 6. The predicted molar refractivity (Wildman–Crippen MR) is 105 cm³/mol. The Morgan fingerprint density at radius 2 is 2.08 bits per heavy atom. The largest absolute Gasteiger partial charge is 0.497 e. The highest BCUT2D eigenvalue weighted by Crippen LogP contribution is 2.33. The van der Waals surface area contributed by atoms with Gasteiger partial charge in [-0.05, 0) is 52.3 Å². The molecule has 0 aliphatic heterocycles. The third-order valence-electron chi connectivity index (χ3n) is 3.01. The van der Waals surface area contributed by atoms with Gasteiger partial charge in [-0.15, -0.1) is 34.4 Å². The van der Waals surface area contributed by atoms with Crippen molar-refractivity contribution in [3.8, 4) is 16.3 Å². The van der Waals surface area contributed by atoms with Gasteiger partial charge in [-0.3, -0.25) is 4.79 Å². The molecule has 0 fully saturated rings. The van der Waals surface area contributed by atoms with Crippen molar-refractivity contribution in [2.45, 2.75) is 4.90 Å². The molecule has 0 unspecified atom stereocenters. The Morgan fingerprint density at radius 3 is 2.75 bits per heavy atom. The Hall–Kier alpha value is -1.35. The van der Waals surface area contributed by atoms with Crippen LogP contribution < -0.4 is 10.1 Å². The van der Waals surface area contributed by atoms with Gasteiger partial charge in [0.05, 0.1) is 27.2 Å². The molecular weight excluding hydrogens is 428 g/mol. The molecule has 0 bridgehead atoms. The van der Waals surface area contributed by atoms with Crippen molar-refractivity contribution in [3.63, 3.8) is 0 Å². The van der Waals surface area contributed by atoms with E-state index in [2.05, 4.69) is 26.2 Å². The number of halogens is 1. The van der Waals surface area contributed by atoms with Crippen LogP contribution in [0.1, 0.15) is 0 Å². The average Bonchev–Trinajstić information content (AvgIpc) is 3.22. The Kier molecular flexibility index (Phi) is 5.94. The molecule has 8 heteroatoms. The fourth-order valence-corrected chi connectivity index (χ4v) is 4.72. The summed E-state index contributed by atoms with van der Waals surface area (Å²) in [6.07, 6.45) is 0. The van der Waals surface area contributed by atoms with Crippen LogP contribution >= 0.6 is 50.4 Å². The number of anilines is 1. The zero-order chi connectivity index (χ0) is 16.9. The fraction of sp³-hybridized carbons (Fsp3) is 0.125. The molecule has 2 heterocycles. The Balaban J connectivity index is 1.54. The van der Waals surface area contributed by atoms with E-state index in [9.17, 15) is 4.79 Å². The number of amides is 1. The number of hydrogen-bond donors (Lipinski definition) is 1. The first kappa shape index (κ1) is 17.5. The Morgan fingerprint density at radius 1 is 1.29 bits per heavy atom. The number of nitrogens with one attached hydrogen (secondary N) is 1. The lowest BCUT2D eigenvalue weighted by Crippen LogP contribution is -2.13. The SMILES string of the molecule is COc1ccc(SCC(=O)Nc2nc(-c3ccc(Br)s3)cs2)cc1. The monoisotopic (exact) mass is 440 g/mol. The summed E-state index contributed by atoms with van der Waals surface area (Å²) in [7, 11) is 1.63. The molecule has 0 atom stereocenters. The number of rotatable bonds is 6. The molecule has 1 aromatic carbocycles. The summed E-state index contributed by atoms with van der Waals surface area (Å²) >= 11 is 7.97. The summed E-state index contributed by atoms with van der Waals surface area (Å²) in [5.74, 6) is 1.08. The van der Waals surface area contributed by atoms with Crippen molar-refractivity contribution < 1.29 is 9.53 Å². The number of carbonyl (C=O) groups is 1. The molecule has 24 heavy (non-hydrogen) atoms. The molecule has 124 valence electrons. The van der Waals surface area contributed by atoms with Crippen molar-refractivity contribution >= 4 is 61.4 Å². The average molecular weight is 441 g/mol. The van der Waals surface area contributed by atoms with Crippen molar-refractivity contribution in [2.75, 3.05) is 18.2 Å². The quantitative estimate of drug-likeness (QED) is 0.523. The lowest BCUT2D eigenvalue weighted by molar-refractivity contribution is -0.113. The van der Waals surface area contributed by atoms with Crippen LogP contribution in [0.3, 0.4) is 0 Å². The van der Waals surface area contributed by atoms with Gasteiger partial charge in [-0.25, -0.2) is 4.98 Å². The molecule has 3 aromatic rings. The standard InChI is InChI=1S/C16H13BrN2O2S3/c1-21-10-2-4-11(5-3-10)22-9-15(20)19-16-18-12(8-23-16)13-6-7-14(17)24-13/h2-8H,9H2,1H3,(H,18,19,20). The molecule has 4 nitrogen and oxygen atoms in total. The number of thiazole rings is 1. The Bertz CT molecular complexity index is 830. The maximum absolute atomic E-state index is 12.1. The first-order valence-electron chi connectivity index (χ1n) is 6.92. The molecule has 3 rings (SSSR count). The minimum absolute atomic E-state index is 0.0657. The third kappa shape index (κ3) is 4.60. The van der Waals surface area contributed by atoms with Crippen LogP contribution in [0.25, 0.3) is 10.6 Å². The van der Waals surface area contributed by atoms with E-state index in [1.807, 2.05) is 41.8 Å². The molecule has 0 spiro atoms. The number of nitrogens with zero attached hydrogens (tertiary/aromatic N) is 1. The second-order valence-electron chi connectivity index (χ2n) is 4.65. The number of aromatic nitrogens is 1. The summed E-state index contributed by atoms with van der Waals surface area (Å²) in [5.41, 5.74) is 0.883. The normalized spacial score (nSPS) is 10.6. The van der Waals surface area contributed by atoms with Crippen molar-refractivity contribution in [2.24, 2.45) is 0 Å². The van der Waals surface area contributed by atoms with Crippen LogP contribution in [0.4, 0.5) is 5.13 Å². The smallest absolute Gasteiger partial charge is 0.236 e. The highest BCUT2D eigenvalue weighted by molar-refractivity contribution is 9.11. The Labute approximate surface area is 160 Å². The maximum Gasteiger partial charge on any atom is 0.236 e. The van der Waals surface area contributed by atoms with Gasteiger partial charge in [0.25, 0.3) is 0 Å². The van der Waals surface area contributed by atoms with E-state index in [1.165, 1.54) is 23.1 Å². The number of methoxy groups -OCH3 is 1. The minimum atomic E-state index is -0.0657. The highest BCUT2D eigenvalue weighted by Gasteiger charge is 2.10.